The summed E-state index contributed by atoms with van der Waals surface area (Å²) in [5, 5.41) is 0.968. The van der Waals surface area contributed by atoms with E-state index in [1.807, 2.05) is 25.1 Å². The summed E-state index contributed by atoms with van der Waals surface area (Å²) in [5.41, 5.74) is 4.16. The molecule has 2 aromatic rings. The highest BCUT2D eigenvalue weighted by Gasteiger charge is 2.13. The van der Waals surface area contributed by atoms with E-state index in [0.717, 1.165) is 23.5 Å². The first-order valence-corrected chi connectivity index (χ1v) is 6.53. The van der Waals surface area contributed by atoms with E-state index in [2.05, 4.69) is 22.5 Å². The van der Waals surface area contributed by atoms with Crippen LogP contribution in [-0.2, 0) is 12.8 Å². The normalized spacial score (nSPS) is 10.3. The minimum atomic E-state index is -0.268. The Kier molecular flexibility index (Phi) is 4.07. The number of hydrogen-bond donors (Lipinski definition) is 2. The molecule has 0 unspecified atom stereocenters. The first-order valence-electron chi connectivity index (χ1n) is 5.72. The number of hydrazine groups is 1. The topological polar surface area (TPSA) is 68.0 Å². The van der Waals surface area contributed by atoms with Crippen molar-refractivity contribution in [2.24, 2.45) is 5.84 Å². The standard InChI is InChI=1S/C13H15N3OS/c1-9-12(13(17)16-14)18-11(15-9)8-7-10-5-3-2-4-6-10/h2-6H,7-8,14H2,1H3,(H,16,17). The number of nitrogens with two attached hydrogens (primary N) is 1. The molecule has 0 aliphatic carbocycles. The van der Waals surface area contributed by atoms with Crippen molar-refractivity contribution in [1.29, 1.82) is 0 Å². The van der Waals surface area contributed by atoms with Crippen LogP contribution in [0.3, 0.4) is 0 Å². The molecule has 94 valence electrons. The Labute approximate surface area is 110 Å². The highest BCUT2D eigenvalue weighted by atomic mass is 32.1. The van der Waals surface area contributed by atoms with Gasteiger partial charge >= 0.3 is 0 Å². The Morgan fingerprint density at radius 2 is 2.06 bits per heavy atom. The smallest absolute Gasteiger partial charge is 0.277 e. The molecular weight excluding hydrogens is 246 g/mol. The second kappa shape index (κ2) is 5.75. The molecule has 0 spiro atoms. The summed E-state index contributed by atoms with van der Waals surface area (Å²) >= 11 is 1.41. The number of amides is 1. The molecule has 0 bridgehead atoms. The Bertz CT molecular complexity index is 536. The molecule has 0 aliphatic rings. The predicted molar refractivity (Wildman–Crippen MR) is 72.4 cm³/mol. The molecule has 0 fully saturated rings. The summed E-state index contributed by atoms with van der Waals surface area (Å²) < 4.78 is 0. The maximum atomic E-state index is 11.5. The molecule has 0 saturated heterocycles. The molecule has 0 aliphatic heterocycles. The van der Waals surface area contributed by atoms with Crippen molar-refractivity contribution in [2.45, 2.75) is 19.8 Å². The van der Waals surface area contributed by atoms with Gasteiger partial charge in [0.05, 0.1) is 10.7 Å². The molecule has 2 rings (SSSR count). The van der Waals surface area contributed by atoms with E-state index < -0.39 is 0 Å². The summed E-state index contributed by atoms with van der Waals surface area (Å²) in [4.78, 5) is 16.5. The third kappa shape index (κ3) is 2.94. The van der Waals surface area contributed by atoms with Crippen LogP contribution in [0.15, 0.2) is 30.3 Å². The molecule has 4 nitrogen and oxygen atoms in total. The van der Waals surface area contributed by atoms with Crippen molar-refractivity contribution in [1.82, 2.24) is 10.4 Å². The highest BCUT2D eigenvalue weighted by Crippen LogP contribution is 2.19. The highest BCUT2D eigenvalue weighted by molar-refractivity contribution is 7.13. The molecular formula is C13H15N3OS. The van der Waals surface area contributed by atoms with Gasteiger partial charge < -0.3 is 0 Å². The fourth-order valence-electron chi connectivity index (χ4n) is 1.73. The maximum Gasteiger partial charge on any atom is 0.277 e. The average Bonchev–Trinajstić information content (AvgIpc) is 2.78. The van der Waals surface area contributed by atoms with E-state index in [1.54, 1.807) is 0 Å². The van der Waals surface area contributed by atoms with Gasteiger partial charge in [-0.1, -0.05) is 30.3 Å². The molecule has 3 N–H and O–H groups in total. The Balaban J connectivity index is 2.05. The number of nitrogens with one attached hydrogen (secondary N) is 1. The van der Waals surface area contributed by atoms with Crippen LogP contribution in [0.2, 0.25) is 0 Å². The Morgan fingerprint density at radius 3 is 2.72 bits per heavy atom. The number of thiazole rings is 1. The van der Waals surface area contributed by atoms with Gasteiger partial charge in [-0.05, 0) is 18.9 Å². The second-order valence-corrected chi connectivity index (χ2v) is 5.06. The van der Waals surface area contributed by atoms with Crippen molar-refractivity contribution in [3.05, 3.63) is 51.5 Å². The van der Waals surface area contributed by atoms with Crippen molar-refractivity contribution >= 4 is 17.2 Å². The largest absolute Gasteiger partial charge is 0.289 e. The third-order valence-corrected chi connectivity index (χ3v) is 3.86. The predicted octanol–water partition coefficient (Wildman–Crippen LogP) is 1.84. The lowest BCUT2D eigenvalue weighted by Crippen LogP contribution is -2.29. The number of nitrogens with zero attached hydrogens (tertiary/aromatic N) is 1. The van der Waals surface area contributed by atoms with E-state index >= 15 is 0 Å². The minimum Gasteiger partial charge on any atom is -0.289 e. The van der Waals surface area contributed by atoms with Gasteiger partial charge in [-0.25, -0.2) is 10.8 Å². The molecule has 1 amide bonds. The molecule has 5 heteroatoms. The number of rotatable bonds is 4. The number of aromatic nitrogens is 1. The molecule has 18 heavy (non-hydrogen) atoms. The van der Waals surface area contributed by atoms with E-state index in [4.69, 9.17) is 5.84 Å². The van der Waals surface area contributed by atoms with E-state index in [-0.39, 0.29) is 5.91 Å². The van der Waals surface area contributed by atoms with Gasteiger partial charge in [-0.15, -0.1) is 11.3 Å². The fourth-order valence-corrected chi connectivity index (χ4v) is 2.70. The maximum absolute atomic E-state index is 11.5. The first kappa shape index (κ1) is 12.7. The number of hydrogen-bond acceptors (Lipinski definition) is 4. The van der Waals surface area contributed by atoms with Crippen LogP contribution in [-0.4, -0.2) is 10.9 Å². The molecule has 0 atom stereocenters. The van der Waals surface area contributed by atoms with Crippen molar-refractivity contribution in [2.75, 3.05) is 0 Å². The number of carbonyl (C=O) groups excluding carboxylic acids is 1. The van der Waals surface area contributed by atoms with Gasteiger partial charge in [-0.3, -0.25) is 10.2 Å². The zero-order chi connectivity index (χ0) is 13.0. The summed E-state index contributed by atoms with van der Waals surface area (Å²) in [6, 6.07) is 10.2. The summed E-state index contributed by atoms with van der Waals surface area (Å²) in [5.74, 6) is 4.86. The Hall–Kier alpha value is -1.72. The van der Waals surface area contributed by atoms with Gasteiger partial charge in [0, 0.05) is 6.42 Å². The van der Waals surface area contributed by atoms with Crippen LogP contribution in [0.1, 0.15) is 25.9 Å². The van der Waals surface area contributed by atoms with Crippen molar-refractivity contribution in [3.63, 3.8) is 0 Å². The van der Waals surface area contributed by atoms with Crippen molar-refractivity contribution < 1.29 is 4.79 Å². The molecule has 0 saturated carbocycles. The van der Waals surface area contributed by atoms with Crippen molar-refractivity contribution in [3.8, 4) is 0 Å². The summed E-state index contributed by atoms with van der Waals surface area (Å²) in [6.45, 7) is 1.83. The average molecular weight is 261 g/mol. The van der Waals surface area contributed by atoms with Gasteiger partial charge in [0.1, 0.15) is 4.88 Å². The lowest BCUT2D eigenvalue weighted by Gasteiger charge is -1.97. The zero-order valence-electron chi connectivity index (χ0n) is 10.1. The quantitative estimate of drug-likeness (QED) is 0.501. The molecule has 0 radical (unpaired) electrons. The number of aryl methyl sites for hydroxylation is 3. The molecule has 1 heterocycles. The number of benzene rings is 1. The van der Waals surface area contributed by atoms with Crippen LogP contribution >= 0.6 is 11.3 Å². The zero-order valence-corrected chi connectivity index (χ0v) is 11.0. The summed E-state index contributed by atoms with van der Waals surface area (Å²) in [7, 11) is 0. The van der Waals surface area contributed by atoms with Crippen LogP contribution in [0.5, 0.6) is 0 Å². The van der Waals surface area contributed by atoms with Crippen LogP contribution in [0.25, 0.3) is 0 Å². The first-order chi connectivity index (χ1) is 8.70. The Morgan fingerprint density at radius 1 is 1.33 bits per heavy atom. The van der Waals surface area contributed by atoms with Gasteiger partial charge in [0.25, 0.3) is 5.91 Å². The second-order valence-electron chi connectivity index (χ2n) is 3.98. The van der Waals surface area contributed by atoms with E-state index in [0.29, 0.717) is 4.88 Å². The van der Waals surface area contributed by atoms with Crippen LogP contribution in [0, 0.1) is 6.92 Å². The third-order valence-electron chi connectivity index (χ3n) is 2.65. The summed E-state index contributed by atoms with van der Waals surface area (Å²) in [6.07, 6.45) is 1.77. The van der Waals surface area contributed by atoms with E-state index in [1.165, 1.54) is 16.9 Å². The SMILES string of the molecule is Cc1nc(CCc2ccccc2)sc1C(=O)NN. The van der Waals surface area contributed by atoms with Gasteiger partial charge in [0.15, 0.2) is 0 Å². The fraction of sp³-hybridized carbons (Fsp3) is 0.231. The molecule has 1 aromatic heterocycles. The lowest BCUT2D eigenvalue weighted by atomic mass is 10.1. The van der Waals surface area contributed by atoms with Gasteiger partial charge in [0.2, 0.25) is 0 Å². The van der Waals surface area contributed by atoms with Crippen LogP contribution in [0.4, 0.5) is 0 Å². The van der Waals surface area contributed by atoms with Crippen LogP contribution < -0.4 is 11.3 Å². The lowest BCUT2D eigenvalue weighted by molar-refractivity contribution is 0.0957. The van der Waals surface area contributed by atoms with Gasteiger partial charge in [-0.2, -0.15) is 0 Å². The monoisotopic (exact) mass is 261 g/mol. The van der Waals surface area contributed by atoms with E-state index in [9.17, 15) is 4.79 Å². The number of carbonyl (C=O) groups is 1. The number of nitrogen functional groups attached to an aromatic ring is 1. The molecule has 1 aromatic carbocycles. The minimum absolute atomic E-state index is 0.268.